The van der Waals surface area contributed by atoms with Gasteiger partial charge in [0.2, 0.25) is 5.91 Å². The van der Waals surface area contributed by atoms with E-state index < -0.39 is 11.5 Å². The highest BCUT2D eigenvalue weighted by Crippen LogP contribution is 2.42. The molecule has 6 nitrogen and oxygen atoms in total. The van der Waals surface area contributed by atoms with Crippen LogP contribution in [0.3, 0.4) is 0 Å². The zero-order valence-corrected chi connectivity index (χ0v) is 16.3. The predicted molar refractivity (Wildman–Crippen MR) is 101 cm³/mol. The van der Waals surface area contributed by atoms with Crippen LogP contribution in [-0.4, -0.2) is 32.9 Å². The third kappa shape index (κ3) is 3.32. The van der Waals surface area contributed by atoms with Crippen molar-refractivity contribution in [1.82, 2.24) is 9.63 Å². The summed E-state index contributed by atoms with van der Waals surface area (Å²) >= 11 is 3.45. The predicted octanol–water partition coefficient (Wildman–Crippen LogP) is 3.28. The number of ether oxygens (including phenoxy) is 1. The third-order valence-corrected chi connectivity index (χ3v) is 4.80. The normalized spacial score (nSPS) is 15.3. The van der Waals surface area contributed by atoms with Crippen LogP contribution in [0.5, 0.6) is 5.75 Å². The Kier molecular flexibility index (Phi) is 4.77. The third-order valence-electron chi connectivity index (χ3n) is 4.31. The Morgan fingerprint density at radius 3 is 2.69 bits per heavy atom. The maximum atomic E-state index is 12.5. The van der Waals surface area contributed by atoms with Crippen molar-refractivity contribution >= 4 is 27.5 Å². The molecule has 0 fully saturated rings. The highest BCUT2D eigenvalue weighted by atomic mass is 79.9. The lowest BCUT2D eigenvalue weighted by Crippen LogP contribution is -2.42. The number of aromatic nitrogens is 1. The molecule has 3 rings (SSSR count). The molecule has 1 aliphatic rings. The van der Waals surface area contributed by atoms with Crippen LogP contribution in [0.15, 0.2) is 57.4 Å². The number of carbonyl (C=O) groups is 1. The number of hydroxylamine groups is 2. The minimum atomic E-state index is -0.831. The van der Waals surface area contributed by atoms with E-state index in [1.54, 1.807) is 18.3 Å². The lowest BCUT2D eigenvalue weighted by molar-refractivity contribution is -0.161. The number of rotatable bonds is 3. The molecule has 2 aromatic rings. The van der Waals surface area contributed by atoms with Gasteiger partial charge in [0.15, 0.2) is 0 Å². The summed E-state index contributed by atoms with van der Waals surface area (Å²) in [5.41, 5.74) is 0.884. The van der Waals surface area contributed by atoms with Crippen molar-refractivity contribution in [3.05, 3.63) is 68.6 Å². The molecule has 0 bridgehead atoms. The van der Waals surface area contributed by atoms with Crippen LogP contribution >= 0.6 is 15.9 Å². The minimum absolute atomic E-state index is 0.0784. The fourth-order valence-corrected chi connectivity index (χ4v) is 3.34. The Morgan fingerprint density at radius 2 is 2.04 bits per heavy atom. The molecular formula is C19H19BrN2O4. The Labute approximate surface area is 159 Å². The molecule has 136 valence electrons. The highest BCUT2D eigenvalue weighted by molar-refractivity contribution is 9.10. The van der Waals surface area contributed by atoms with Crippen LogP contribution < -0.4 is 10.3 Å². The van der Waals surface area contributed by atoms with Crippen LogP contribution in [0.4, 0.5) is 0 Å². The second kappa shape index (κ2) is 6.74. The molecule has 0 spiro atoms. The summed E-state index contributed by atoms with van der Waals surface area (Å²) in [6.45, 7) is 4.88. The Morgan fingerprint density at radius 1 is 1.31 bits per heavy atom. The van der Waals surface area contributed by atoms with Crippen molar-refractivity contribution < 1.29 is 14.7 Å². The maximum absolute atomic E-state index is 12.5. The zero-order chi connectivity index (χ0) is 19.1. The number of pyridine rings is 1. The van der Waals surface area contributed by atoms with Gasteiger partial charge in [-0.25, -0.2) is 5.06 Å². The lowest BCUT2D eigenvalue weighted by atomic mass is 9.89. The quantitative estimate of drug-likeness (QED) is 0.613. The monoisotopic (exact) mass is 418 g/mol. The molecule has 7 heteroatoms. The van der Waals surface area contributed by atoms with Crippen LogP contribution in [0.25, 0.3) is 5.70 Å². The molecule has 0 saturated heterocycles. The summed E-state index contributed by atoms with van der Waals surface area (Å²) in [6, 6.07) is 10.4. The molecule has 26 heavy (non-hydrogen) atoms. The number of halogens is 1. The van der Waals surface area contributed by atoms with Crippen molar-refractivity contribution in [1.29, 1.82) is 0 Å². The van der Waals surface area contributed by atoms with E-state index in [9.17, 15) is 14.8 Å². The molecule has 1 amide bonds. The first-order valence-corrected chi connectivity index (χ1v) is 8.87. The van der Waals surface area contributed by atoms with Crippen molar-refractivity contribution in [3.8, 4) is 5.75 Å². The topological polar surface area (TPSA) is 71.8 Å². The smallest absolute Gasteiger partial charge is 0.255 e. The van der Waals surface area contributed by atoms with Gasteiger partial charge in [0.05, 0.1) is 12.2 Å². The summed E-state index contributed by atoms with van der Waals surface area (Å²) in [5.74, 6) is 0.133. The second-order valence-corrected chi connectivity index (χ2v) is 7.48. The first-order valence-electron chi connectivity index (χ1n) is 8.08. The largest absolute Gasteiger partial charge is 0.483 e. The van der Waals surface area contributed by atoms with Crippen molar-refractivity contribution in [2.24, 2.45) is 0 Å². The van der Waals surface area contributed by atoms with E-state index in [2.05, 4.69) is 15.9 Å². The van der Waals surface area contributed by atoms with Gasteiger partial charge < -0.3 is 4.74 Å². The SMILES string of the molecule is CC(=O)N(O)CC1=C(n2ccccc2=O)c2cc(Br)ccc2OC1(C)C. The summed E-state index contributed by atoms with van der Waals surface area (Å²) in [7, 11) is 0. The standard InChI is InChI=1S/C19H19BrN2O4/c1-12(23)22(25)11-15-18(21-9-5-4-6-17(21)24)14-10-13(20)7-8-16(14)26-19(15,2)3/h4-10,25H,11H2,1-3H3. The number of hydrogen-bond donors (Lipinski definition) is 1. The van der Waals surface area contributed by atoms with Crippen LogP contribution in [0.1, 0.15) is 26.3 Å². The highest BCUT2D eigenvalue weighted by Gasteiger charge is 2.37. The average molecular weight is 419 g/mol. The Balaban J connectivity index is 2.35. The molecule has 1 N–H and O–H groups in total. The number of nitrogens with zero attached hydrogens (tertiary/aromatic N) is 2. The first kappa shape index (κ1) is 18.4. The van der Waals surface area contributed by atoms with E-state index in [1.165, 1.54) is 17.6 Å². The molecule has 0 radical (unpaired) electrons. The summed E-state index contributed by atoms with van der Waals surface area (Å²) in [5, 5.41) is 10.7. The van der Waals surface area contributed by atoms with Gasteiger partial charge in [0.25, 0.3) is 5.56 Å². The molecule has 0 saturated carbocycles. The number of benzene rings is 1. The van der Waals surface area contributed by atoms with Gasteiger partial charge in [0, 0.05) is 34.8 Å². The molecule has 0 atom stereocenters. The summed E-state index contributed by atoms with van der Waals surface area (Å²) in [6.07, 6.45) is 1.67. The van der Waals surface area contributed by atoms with E-state index >= 15 is 0 Å². The number of hydrogen-bond acceptors (Lipinski definition) is 4. The maximum Gasteiger partial charge on any atom is 0.255 e. The number of fused-ring (bicyclic) bond motifs is 1. The van der Waals surface area contributed by atoms with Gasteiger partial charge in [0.1, 0.15) is 11.4 Å². The van der Waals surface area contributed by atoms with Gasteiger partial charge >= 0.3 is 0 Å². The van der Waals surface area contributed by atoms with Crippen molar-refractivity contribution in [3.63, 3.8) is 0 Å². The van der Waals surface area contributed by atoms with E-state index in [0.717, 1.165) is 4.47 Å². The number of amides is 1. The van der Waals surface area contributed by atoms with Crippen LogP contribution in [0.2, 0.25) is 0 Å². The second-order valence-electron chi connectivity index (χ2n) is 6.57. The van der Waals surface area contributed by atoms with E-state index in [4.69, 9.17) is 4.74 Å². The van der Waals surface area contributed by atoms with Gasteiger partial charge in [-0.2, -0.15) is 0 Å². The Bertz CT molecular complexity index is 962. The molecule has 1 aliphatic heterocycles. The lowest BCUT2D eigenvalue weighted by Gasteiger charge is -2.38. The van der Waals surface area contributed by atoms with Crippen molar-refractivity contribution in [2.75, 3.05) is 6.54 Å². The van der Waals surface area contributed by atoms with Crippen LogP contribution in [-0.2, 0) is 4.79 Å². The fraction of sp³-hybridized carbons (Fsp3) is 0.263. The molecule has 0 unspecified atom stereocenters. The zero-order valence-electron chi connectivity index (χ0n) is 14.7. The van der Waals surface area contributed by atoms with E-state index in [0.29, 0.717) is 27.6 Å². The molecule has 2 heterocycles. The van der Waals surface area contributed by atoms with Gasteiger partial charge in [-0.1, -0.05) is 22.0 Å². The Hall–Kier alpha value is -2.38. The average Bonchev–Trinajstić information content (AvgIpc) is 2.56. The number of carbonyl (C=O) groups excluding carboxylic acids is 1. The van der Waals surface area contributed by atoms with Crippen molar-refractivity contribution in [2.45, 2.75) is 26.4 Å². The molecule has 0 aliphatic carbocycles. The van der Waals surface area contributed by atoms with E-state index in [-0.39, 0.29) is 12.1 Å². The fourth-order valence-electron chi connectivity index (χ4n) is 2.97. The summed E-state index contributed by atoms with van der Waals surface area (Å²) < 4.78 is 8.46. The van der Waals surface area contributed by atoms with Crippen LogP contribution in [0, 0.1) is 0 Å². The summed E-state index contributed by atoms with van der Waals surface area (Å²) in [4.78, 5) is 24.1. The minimum Gasteiger partial charge on any atom is -0.483 e. The first-order chi connectivity index (χ1) is 12.2. The van der Waals surface area contributed by atoms with Gasteiger partial charge in [-0.05, 0) is 38.1 Å². The van der Waals surface area contributed by atoms with Gasteiger partial charge in [-0.3, -0.25) is 19.4 Å². The molecular weight excluding hydrogens is 400 g/mol. The van der Waals surface area contributed by atoms with Gasteiger partial charge in [-0.15, -0.1) is 0 Å². The molecule has 1 aromatic heterocycles. The van der Waals surface area contributed by atoms with E-state index in [1.807, 2.05) is 32.0 Å². The molecule has 1 aromatic carbocycles.